The Balaban J connectivity index is 2.16. The Morgan fingerprint density at radius 2 is 2.06 bits per heavy atom. The summed E-state index contributed by atoms with van der Waals surface area (Å²) in [6.07, 6.45) is 0. The third-order valence-electron chi connectivity index (χ3n) is 3.38. The molecule has 5 heteroatoms. The quantitative estimate of drug-likeness (QED) is 0.527. The van der Waals surface area contributed by atoms with Crippen molar-refractivity contribution in [2.75, 3.05) is 53.0 Å². The highest BCUT2D eigenvalue weighted by atomic mass is 16.5. The minimum absolute atomic E-state index is 0.0558. The van der Waals surface area contributed by atoms with Gasteiger partial charge in [-0.25, -0.2) is 0 Å². The fraction of sp³-hybridized carbons (Fsp3) is 0.923. The molecule has 1 rings (SSSR count). The van der Waals surface area contributed by atoms with Gasteiger partial charge in [0.05, 0.1) is 26.2 Å². The average Bonchev–Trinajstić information content (AvgIpc) is 2.38. The molecule has 0 radical (unpaired) electrons. The first-order valence-corrected chi connectivity index (χ1v) is 6.73. The summed E-state index contributed by atoms with van der Waals surface area (Å²) in [6, 6.07) is 0. The largest absolute Gasteiger partial charge is 0.469 e. The topological polar surface area (TPSA) is 50.8 Å². The second-order valence-electron chi connectivity index (χ2n) is 5.03. The number of carbonyl (C=O) groups is 1. The zero-order valence-electron chi connectivity index (χ0n) is 11.8. The number of methoxy groups -OCH3 is 1. The Labute approximate surface area is 110 Å². The molecule has 1 N–H and O–H groups in total. The van der Waals surface area contributed by atoms with Crippen LogP contribution < -0.4 is 5.32 Å². The van der Waals surface area contributed by atoms with Crippen LogP contribution in [0.15, 0.2) is 0 Å². The zero-order valence-corrected chi connectivity index (χ0v) is 11.8. The van der Waals surface area contributed by atoms with Gasteiger partial charge in [-0.15, -0.1) is 0 Å². The van der Waals surface area contributed by atoms with Gasteiger partial charge in [0.1, 0.15) is 0 Å². The Hall–Kier alpha value is -0.650. The highest BCUT2D eigenvalue weighted by Gasteiger charge is 2.22. The lowest BCUT2D eigenvalue weighted by molar-refractivity contribution is -0.146. The molecule has 1 heterocycles. The molecule has 1 unspecified atom stereocenters. The second-order valence-corrected chi connectivity index (χ2v) is 5.03. The summed E-state index contributed by atoms with van der Waals surface area (Å²) in [5.41, 5.74) is 0. The Bertz CT molecular complexity index is 240. The number of esters is 1. The van der Waals surface area contributed by atoms with Crippen LogP contribution in [-0.4, -0.2) is 63.9 Å². The van der Waals surface area contributed by atoms with Gasteiger partial charge in [0.15, 0.2) is 0 Å². The summed E-state index contributed by atoms with van der Waals surface area (Å²) in [4.78, 5) is 13.9. The second kappa shape index (κ2) is 8.45. The first-order chi connectivity index (χ1) is 8.65. The summed E-state index contributed by atoms with van der Waals surface area (Å²) in [7, 11) is 1.45. The van der Waals surface area contributed by atoms with E-state index in [0.29, 0.717) is 12.5 Å². The fourth-order valence-corrected chi connectivity index (χ4v) is 2.06. The number of carbonyl (C=O) groups excluding carboxylic acids is 1. The van der Waals surface area contributed by atoms with Crippen LogP contribution in [0.25, 0.3) is 0 Å². The van der Waals surface area contributed by atoms with Gasteiger partial charge in [-0.2, -0.15) is 0 Å². The van der Waals surface area contributed by atoms with E-state index in [4.69, 9.17) is 9.47 Å². The van der Waals surface area contributed by atoms with E-state index in [1.54, 1.807) is 0 Å². The van der Waals surface area contributed by atoms with Crippen molar-refractivity contribution in [3.8, 4) is 0 Å². The summed E-state index contributed by atoms with van der Waals surface area (Å²) in [5, 5.41) is 3.35. The minimum Gasteiger partial charge on any atom is -0.469 e. The molecule has 0 saturated carbocycles. The van der Waals surface area contributed by atoms with E-state index < -0.39 is 0 Å². The molecule has 0 aromatic carbocycles. The van der Waals surface area contributed by atoms with Crippen LogP contribution in [0.2, 0.25) is 0 Å². The van der Waals surface area contributed by atoms with Gasteiger partial charge in [-0.1, -0.05) is 13.8 Å². The monoisotopic (exact) mass is 258 g/mol. The molecule has 1 atom stereocenters. The van der Waals surface area contributed by atoms with Gasteiger partial charge in [0.2, 0.25) is 0 Å². The van der Waals surface area contributed by atoms with Gasteiger partial charge in [-0.3, -0.25) is 9.69 Å². The lowest BCUT2D eigenvalue weighted by Crippen LogP contribution is -2.42. The number of ether oxygens (including phenoxy) is 2. The number of morpholine rings is 1. The molecule has 1 fully saturated rings. The Morgan fingerprint density at radius 1 is 1.39 bits per heavy atom. The molecule has 0 spiro atoms. The standard InChI is InChI=1S/C13H26N2O3/c1-11(2)12(13(16)17-3)10-14-4-5-15-6-8-18-9-7-15/h11-12,14H,4-10H2,1-3H3. The molecule has 0 aliphatic carbocycles. The molecule has 18 heavy (non-hydrogen) atoms. The highest BCUT2D eigenvalue weighted by molar-refractivity contribution is 5.72. The summed E-state index contributed by atoms with van der Waals surface area (Å²) in [5.74, 6) is 0.122. The van der Waals surface area contributed by atoms with Crippen LogP contribution >= 0.6 is 0 Å². The molecule has 0 aromatic rings. The number of nitrogens with one attached hydrogen (secondary N) is 1. The van der Waals surface area contributed by atoms with Crippen molar-refractivity contribution >= 4 is 5.97 Å². The number of hydrogen-bond donors (Lipinski definition) is 1. The molecule has 5 nitrogen and oxygen atoms in total. The maximum absolute atomic E-state index is 11.6. The van der Waals surface area contributed by atoms with E-state index >= 15 is 0 Å². The molecule has 1 aliphatic rings. The van der Waals surface area contributed by atoms with Gasteiger partial charge >= 0.3 is 5.97 Å². The van der Waals surface area contributed by atoms with Crippen molar-refractivity contribution in [1.29, 1.82) is 0 Å². The van der Waals surface area contributed by atoms with Gasteiger partial charge in [0.25, 0.3) is 0 Å². The smallest absolute Gasteiger partial charge is 0.310 e. The summed E-state index contributed by atoms with van der Waals surface area (Å²) >= 11 is 0. The van der Waals surface area contributed by atoms with Crippen LogP contribution in [0.4, 0.5) is 0 Å². The van der Waals surface area contributed by atoms with Crippen LogP contribution in [0.5, 0.6) is 0 Å². The Morgan fingerprint density at radius 3 is 2.61 bits per heavy atom. The van der Waals surface area contributed by atoms with Crippen molar-refractivity contribution in [2.24, 2.45) is 11.8 Å². The van der Waals surface area contributed by atoms with Crippen molar-refractivity contribution in [3.63, 3.8) is 0 Å². The predicted octanol–water partition coefficient (Wildman–Crippen LogP) is 0.353. The normalized spacial score (nSPS) is 18.9. The van der Waals surface area contributed by atoms with Crippen molar-refractivity contribution in [2.45, 2.75) is 13.8 Å². The van der Waals surface area contributed by atoms with Crippen LogP contribution in [0.3, 0.4) is 0 Å². The van der Waals surface area contributed by atoms with Crippen molar-refractivity contribution in [1.82, 2.24) is 10.2 Å². The molecule has 0 bridgehead atoms. The van der Waals surface area contributed by atoms with Crippen LogP contribution in [0, 0.1) is 11.8 Å². The third kappa shape index (κ3) is 5.33. The first-order valence-electron chi connectivity index (χ1n) is 6.73. The van der Waals surface area contributed by atoms with Crippen molar-refractivity contribution in [3.05, 3.63) is 0 Å². The lowest BCUT2D eigenvalue weighted by Gasteiger charge is -2.27. The van der Waals surface area contributed by atoms with Crippen LogP contribution in [0.1, 0.15) is 13.8 Å². The van der Waals surface area contributed by atoms with Gasteiger partial charge < -0.3 is 14.8 Å². The van der Waals surface area contributed by atoms with E-state index in [-0.39, 0.29) is 11.9 Å². The highest BCUT2D eigenvalue weighted by Crippen LogP contribution is 2.11. The molecular formula is C13H26N2O3. The maximum atomic E-state index is 11.6. The third-order valence-corrected chi connectivity index (χ3v) is 3.38. The van der Waals surface area contributed by atoms with Crippen molar-refractivity contribution < 1.29 is 14.3 Å². The molecule has 0 amide bonds. The SMILES string of the molecule is COC(=O)C(CNCCN1CCOCC1)C(C)C. The molecule has 1 aliphatic heterocycles. The van der Waals surface area contributed by atoms with E-state index in [9.17, 15) is 4.79 Å². The summed E-state index contributed by atoms with van der Waals surface area (Å²) in [6.45, 7) is 10.4. The lowest BCUT2D eigenvalue weighted by atomic mass is 9.96. The summed E-state index contributed by atoms with van der Waals surface area (Å²) < 4.78 is 10.1. The maximum Gasteiger partial charge on any atom is 0.310 e. The number of rotatable bonds is 7. The van der Waals surface area contributed by atoms with E-state index in [1.165, 1.54) is 7.11 Å². The Kier molecular flexibility index (Phi) is 7.23. The number of hydrogen-bond acceptors (Lipinski definition) is 5. The number of nitrogens with zero attached hydrogens (tertiary/aromatic N) is 1. The molecule has 0 aromatic heterocycles. The molecule has 1 saturated heterocycles. The van der Waals surface area contributed by atoms with E-state index in [0.717, 1.165) is 39.4 Å². The van der Waals surface area contributed by atoms with E-state index in [1.807, 2.05) is 13.8 Å². The molecular weight excluding hydrogens is 232 g/mol. The van der Waals surface area contributed by atoms with E-state index in [2.05, 4.69) is 10.2 Å². The van der Waals surface area contributed by atoms with Gasteiger partial charge in [0, 0.05) is 32.7 Å². The zero-order chi connectivity index (χ0) is 13.4. The predicted molar refractivity (Wildman–Crippen MR) is 70.5 cm³/mol. The first kappa shape index (κ1) is 15.4. The fourth-order valence-electron chi connectivity index (χ4n) is 2.06. The minimum atomic E-state index is -0.121. The van der Waals surface area contributed by atoms with Crippen LogP contribution in [-0.2, 0) is 14.3 Å². The molecule has 106 valence electrons. The average molecular weight is 258 g/mol. The van der Waals surface area contributed by atoms with Gasteiger partial charge in [-0.05, 0) is 5.92 Å².